The van der Waals surface area contributed by atoms with Crippen LogP contribution in [0.4, 0.5) is 18.9 Å². The van der Waals surface area contributed by atoms with Crippen LogP contribution in [0.15, 0.2) is 30.5 Å². The van der Waals surface area contributed by atoms with Crippen LogP contribution < -0.4 is 11.1 Å². The highest BCUT2D eigenvalue weighted by Crippen LogP contribution is 2.33. The van der Waals surface area contributed by atoms with Crippen LogP contribution >= 0.6 is 0 Å². The molecule has 6 nitrogen and oxygen atoms in total. The average molecular weight is 312 g/mol. The summed E-state index contributed by atoms with van der Waals surface area (Å²) in [7, 11) is 1.31. The minimum atomic E-state index is -4.68. The van der Waals surface area contributed by atoms with E-state index in [0.717, 1.165) is 10.9 Å². The molecule has 9 heteroatoms. The van der Waals surface area contributed by atoms with Gasteiger partial charge >= 0.3 is 6.18 Å². The molecule has 1 aromatic heterocycles. The van der Waals surface area contributed by atoms with E-state index in [2.05, 4.69) is 10.4 Å². The van der Waals surface area contributed by atoms with Crippen molar-refractivity contribution >= 4 is 17.5 Å². The molecule has 0 aliphatic carbocycles. The first-order valence-corrected chi connectivity index (χ1v) is 6.00. The molecule has 0 saturated heterocycles. The second-order valence-electron chi connectivity index (χ2n) is 4.46. The van der Waals surface area contributed by atoms with Crippen LogP contribution in [0.3, 0.4) is 0 Å². The first-order valence-electron chi connectivity index (χ1n) is 6.00. The number of carbonyl (C=O) groups is 2. The van der Waals surface area contributed by atoms with E-state index in [-0.39, 0.29) is 11.1 Å². The van der Waals surface area contributed by atoms with Crippen LogP contribution in [0.25, 0.3) is 0 Å². The van der Waals surface area contributed by atoms with Crippen molar-refractivity contribution in [1.82, 2.24) is 9.78 Å². The molecule has 0 atom stereocenters. The van der Waals surface area contributed by atoms with Crippen molar-refractivity contribution in [1.29, 1.82) is 0 Å². The van der Waals surface area contributed by atoms with Gasteiger partial charge in [-0.2, -0.15) is 18.3 Å². The van der Waals surface area contributed by atoms with Gasteiger partial charge in [-0.25, -0.2) is 0 Å². The molecule has 0 aliphatic heterocycles. The number of hydrogen-bond acceptors (Lipinski definition) is 3. The molecular weight excluding hydrogens is 301 g/mol. The maximum absolute atomic E-state index is 12.8. The summed E-state index contributed by atoms with van der Waals surface area (Å²) in [5.41, 5.74) is 3.70. The molecule has 1 heterocycles. The number of carbonyl (C=O) groups excluding carboxylic acids is 2. The van der Waals surface area contributed by atoms with E-state index < -0.39 is 29.4 Å². The molecule has 0 spiro atoms. The monoisotopic (exact) mass is 312 g/mol. The maximum Gasteiger partial charge on any atom is 0.437 e. The number of primary amides is 1. The van der Waals surface area contributed by atoms with E-state index in [9.17, 15) is 22.8 Å². The highest BCUT2D eigenvalue weighted by Gasteiger charge is 2.37. The lowest BCUT2D eigenvalue weighted by molar-refractivity contribution is -0.140. The molecule has 116 valence electrons. The van der Waals surface area contributed by atoms with Crippen LogP contribution in [0.1, 0.15) is 26.4 Å². The second kappa shape index (κ2) is 5.51. The molecule has 0 aliphatic rings. The number of anilines is 1. The number of aryl methyl sites for hydroxylation is 1. The summed E-state index contributed by atoms with van der Waals surface area (Å²) < 4.78 is 39.3. The molecular formula is C13H11F3N4O2. The minimum absolute atomic E-state index is 0.0852. The first kappa shape index (κ1) is 15.5. The molecule has 0 bridgehead atoms. The number of nitrogens with two attached hydrogens (primary N) is 1. The van der Waals surface area contributed by atoms with E-state index in [1.165, 1.54) is 31.3 Å². The fourth-order valence-electron chi connectivity index (χ4n) is 1.77. The molecule has 0 radical (unpaired) electrons. The number of nitrogens with one attached hydrogen (secondary N) is 1. The van der Waals surface area contributed by atoms with Crippen molar-refractivity contribution in [2.24, 2.45) is 12.8 Å². The van der Waals surface area contributed by atoms with E-state index in [1.54, 1.807) is 0 Å². The SMILES string of the molecule is Cn1cc(NC(=O)c2ccc(C(N)=O)cc2)c(C(F)(F)F)n1. The van der Waals surface area contributed by atoms with Gasteiger partial charge in [-0.15, -0.1) is 0 Å². The van der Waals surface area contributed by atoms with Gasteiger partial charge < -0.3 is 11.1 Å². The fourth-order valence-corrected chi connectivity index (χ4v) is 1.77. The predicted octanol–water partition coefficient (Wildman–Crippen LogP) is 1.79. The third kappa shape index (κ3) is 3.25. The number of benzene rings is 1. The lowest BCUT2D eigenvalue weighted by Gasteiger charge is -2.08. The van der Waals surface area contributed by atoms with E-state index >= 15 is 0 Å². The van der Waals surface area contributed by atoms with Crippen molar-refractivity contribution in [3.63, 3.8) is 0 Å². The molecule has 0 fully saturated rings. The molecule has 2 rings (SSSR count). The number of amides is 2. The molecule has 2 amide bonds. The van der Waals surface area contributed by atoms with Gasteiger partial charge in [0, 0.05) is 24.4 Å². The van der Waals surface area contributed by atoms with Gasteiger partial charge in [-0.05, 0) is 24.3 Å². The predicted molar refractivity (Wildman–Crippen MR) is 71.1 cm³/mol. The van der Waals surface area contributed by atoms with Gasteiger partial charge in [0.2, 0.25) is 5.91 Å². The highest BCUT2D eigenvalue weighted by atomic mass is 19.4. The lowest BCUT2D eigenvalue weighted by Crippen LogP contribution is -2.16. The summed E-state index contributed by atoms with van der Waals surface area (Å²) in [5, 5.41) is 5.43. The van der Waals surface area contributed by atoms with Crippen molar-refractivity contribution in [3.05, 3.63) is 47.3 Å². The number of hydrogen-bond donors (Lipinski definition) is 2. The number of nitrogens with zero attached hydrogens (tertiary/aromatic N) is 2. The van der Waals surface area contributed by atoms with Crippen molar-refractivity contribution in [2.45, 2.75) is 6.18 Å². The topological polar surface area (TPSA) is 90.0 Å². The summed E-state index contributed by atoms with van der Waals surface area (Å²) in [6, 6.07) is 5.20. The molecule has 2 aromatic rings. The zero-order valence-electron chi connectivity index (χ0n) is 11.3. The maximum atomic E-state index is 12.8. The number of aromatic nitrogens is 2. The number of alkyl halides is 3. The third-order valence-electron chi connectivity index (χ3n) is 2.78. The van der Waals surface area contributed by atoms with Crippen molar-refractivity contribution < 1.29 is 22.8 Å². The molecule has 3 N–H and O–H groups in total. The standard InChI is InChI=1S/C13H11F3N4O2/c1-20-6-9(10(19-20)13(14,15)16)18-12(22)8-4-2-7(3-5-8)11(17)21/h2-6H,1H3,(H2,17,21)(H,18,22). The summed E-state index contributed by atoms with van der Waals surface area (Å²) in [6.07, 6.45) is -3.63. The molecule has 0 unspecified atom stereocenters. The second-order valence-corrected chi connectivity index (χ2v) is 4.46. The number of rotatable bonds is 3. The zero-order chi connectivity index (χ0) is 16.5. The zero-order valence-corrected chi connectivity index (χ0v) is 11.3. The number of halogens is 3. The Morgan fingerprint density at radius 2 is 1.73 bits per heavy atom. The van der Waals surface area contributed by atoms with Gasteiger partial charge in [0.05, 0.1) is 5.69 Å². The summed E-state index contributed by atoms with van der Waals surface area (Å²) in [5.74, 6) is -1.42. The Morgan fingerprint density at radius 3 is 2.23 bits per heavy atom. The Labute approximate surface area is 122 Å². The normalized spacial score (nSPS) is 11.3. The van der Waals surface area contributed by atoms with Crippen LogP contribution in [0, 0.1) is 0 Å². The Hall–Kier alpha value is -2.84. The van der Waals surface area contributed by atoms with E-state index in [0.29, 0.717) is 0 Å². The van der Waals surface area contributed by atoms with Gasteiger partial charge in [0.25, 0.3) is 5.91 Å². The van der Waals surface area contributed by atoms with E-state index in [4.69, 9.17) is 5.73 Å². The highest BCUT2D eigenvalue weighted by molar-refractivity contribution is 6.05. The summed E-state index contributed by atoms with van der Waals surface area (Å²) in [6.45, 7) is 0. The van der Waals surface area contributed by atoms with Crippen molar-refractivity contribution in [2.75, 3.05) is 5.32 Å². The Kier molecular flexibility index (Phi) is 3.89. The minimum Gasteiger partial charge on any atom is -0.366 e. The molecule has 0 saturated carbocycles. The van der Waals surface area contributed by atoms with Crippen LogP contribution in [0.2, 0.25) is 0 Å². The quantitative estimate of drug-likeness (QED) is 0.905. The Bertz CT molecular complexity index is 720. The smallest absolute Gasteiger partial charge is 0.366 e. The molecule has 1 aromatic carbocycles. The van der Waals surface area contributed by atoms with Crippen molar-refractivity contribution in [3.8, 4) is 0 Å². The Balaban J connectivity index is 2.24. The first-order chi connectivity index (χ1) is 10.2. The average Bonchev–Trinajstić information content (AvgIpc) is 2.79. The molecule has 22 heavy (non-hydrogen) atoms. The summed E-state index contributed by atoms with van der Waals surface area (Å²) >= 11 is 0. The third-order valence-corrected chi connectivity index (χ3v) is 2.78. The van der Waals surface area contributed by atoms with Gasteiger partial charge in [-0.3, -0.25) is 14.3 Å². The van der Waals surface area contributed by atoms with Gasteiger partial charge in [0.1, 0.15) is 0 Å². The van der Waals surface area contributed by atoms with Crippen LogP contribution in [-0.2, 0) is 13.2 Å². The summed E-state index contributed by atoms with van der Waals surface area (Å²) in [4.78, 5) is 22.9. The van der Waals surface area contributed by atoms with Crippen LogP contribution in [0.5, 0.6) is 0 Å². The fraction of sp³-hybridized carbons (Fsp3) is 0.154. The van der Waals surface area contributed by atoms with Gasteiger partial charge in [-0.1, -0.05) is 0 Å². The lowest BCUT2D eigenvalue weighted by atomic mass is 10.1. The van der Waals surface area contributed by atoms with E-state index in [1.807, 2.05) is 0 Å². The van der Waals surface area contributed by atoms with Crippen LogP contribution in [-0.4, -0.2) is 21.6 Å². The Morgan fingerprint density at radius 1 is 1.18 bits per heavy atom. The van der Waals surface area contributed by atoms with Gasteiger partial charge in [0.15, 0.2) is 5.69 Å². The largest absolute Gasteiger partial charge is 0.437 e.